The van der Waals surface area contributed by atoms with Gasteiger partial charge >= 0.3 is 0 Å². The average molecular weight is 398 g/mol. The number of hydrogen-bond donors (Lipinski definition) is 0. The smallest absolute Gasteiger partial charge is 0.185 e. The molecule has 0 aliphatic carbocycles. The topological polar surface area (TPSA) is 30.0 Å². The Hall–Kier alpha value is -1.48. The zero-order valence-corrected chi connectivity index (χ0v) is 18.4. The van der Waals surface area contributed by atoms with Crippen LogP contribution in [-0.4, -0.2) is 10.8 Å². The third-order valence-electron chi connectivity index (χ3n) is 6.31. The predicted octanol–water partition coefficient (Wildman–Crippen LogP) is 7.72. The maximum absolute atomic E-state index is 12.9. The standard InChI is InChI=1S/C25H35NOS/c1-3-19-12-9-7-5-6-8-10-14-21(4-2)24(27)23-18-28-25(26-23)22-15-11-13-20(16-19)17-22/h11,13,15,17-19,21H,3-10,12,14,16H2,1-2H3. The van der Waals surface area contributed by atoms with E-state index in [1.54, 1.807) is 11.3 Å². The van der Waals surface area contributed by atoms with Crippen LogP contribution < -0.4 is 0 Å². The van der Waals surface area contributed by atoms with Crippen LogP contribution in [0.1, 0.15) is 94.1 Å². The number of carbonyl (C=O) groups excluding carboxylic acids is 1. The molecule has 0 amide bonds. The summed E-state index contributed by atoms with van der Waals surface area (Å²) in [5.41, 5.74) is 3.23. The lowest BCUT2D eigenvalue weighted by Gasteiger charge is -2.16. The Labute approximate surface area is 174 Å². The van der Waals surface area contributed by atoms with E-state index in [9.17, 15) is 4.79 Å². The first-order chi connectivity index (χ1) is 13.7. The Morgan fingerprint density at radius 1 is 1.00 bits per heavy atom. The van der Waals surface area contributed by atoms with Gasteiger partial charge in [0.1, 0.15) is 10.7 Å². The van der Waals surface area contributed by atoms with Crippen LogP contribution in [0.5, 0.6) is 0 Å². The average Bonchev–Trinajstić information content (AvgIpc) is 3.21. The van der Waals surface area contributed by atoms with Crippen LogP contribution in [0.25, 0.3) is 10.6 Å². The van der Waals surface area contributed by atoms with Crippen molar-refractivity contribution in [3.63, 3.8) is 0 Å². The van der Waals surface area contributed by atoms with E-state index in [1.165, 1.54) is 56.9 Å². The van der Waals surface area contributed by atoms with Gasteiger partial charge in [-0.2, -0.15) is 0 Å². The van der Waals surface area contributed by atoms with Crippen LogP contribution in [0.2, 0.25) is 0 Å². The minimum Gasteiger partial charge on any atom is -0.292 e. The number of fused-ring (bicyclic) bond motifs is 5. The molecule has 2 heterocycles. The fraction of sp³-hybridized carbons (Fsp3) is 0.600. The molecule has 0 saturated heterocycles. The van der Waals surface area contributed by atoms with Crippen molar-refractivity contribution in [2.75, 3.05) is 0 Å². The van der Waals surface area contributed by atoms with Crippen LogP contribution in [0.3, 0.4) is 0 Å². The number of benzene rings is 1. The largest absolute Gasteiger partial charge is 0.292 e. The zero-order chi connectivity index (χ0) is 19.8. The Balaban J connectivity index is 1.83. The number of ketones is 1. The highest BCUT2D eigenvalue weighted by atomic mass is 32.1. The molecule has 1 aliphatic heterocycles. The summed E-state index contributed by atoms with van der Waals surface area (Å²) in [7, 11) is 0. The summed E-state index contributed by atoms with van der Waals surface area (Å²) in [6.45, 7) is 4.46. The number of nitrogens with zero attached hydrogens (tertiary/aromatic N) is 1. The molecule has 2 nitrogen and oxygen atoms in total. The first kappa shape index (κ1) is 21.2. The summed E-state index contributed by atoms with van der Waals surface area (Å²) < 4.78 is 0. The van der Waals surface area contributed by atoms with Crippen LogP contribution in [0, 0.1) is 11.8 Å². The van der Waals surface area contributed by atoms with Crippen LogP contribution in [0.15, 0.2) is 29.6 Å². The van der Waals surface area contributed by atoms with Gasteiger partial charge in [-0.25, -0.2) is 4.98 Å². The van der Waals surface area contributed by atoms with E-state index in [1.807, 2.05) is 5.38 Å². The highest BCUT2D eigenvalue weighted by Gasteiger charge is 2.21. The van der Waals surface area contributed by atoms with Gasteiger partial charge in [0, 0.05) is 16.9 Å². The van der Waals surface area contributed by atoms with Gasteiger partial charge in [0.25, 0.3) is 0 Å². The van der Waals surface area contributed by atoms with Gasteiger partial charge in [0.2, 0.25) is 0 Å². The zero-order valence-electron chi connectivity index (χ0n) is 17.6. The molecule has 3 rings (SSSR count). The summed E-state index contributed by atoms with van der Waals surface area (Å²) in [6.07, 6.45) is 13.4. The van der Waals surface area contributed by atoms with Gasteiger partial charge in [-0.15, -0.1) is 11.3 Å². The third kappa shape index (κ3) is 5.76. The maximum atomic E-state index is 12.9. The van der Waals surface area contributed by atoms with Gasteiger partial charge in [0.05, 0.1) is 0 Å². The molecule has 0 fully saturated rings. The molecule has 2 atom stereocenters. The number of carbonyl (C=O) groups is 1. The molecule has 3 heteroatoms. The van der Waals surface area contributed by atoms with Gasteiger partial charge < -0.3 is 0 Å². The molecule has 0 saturated carbocycles. The van der Waals surface area contributed by atoms with Gasteiger partial charge in [-0.05, 0) is 36.8 Å². The van der Waals surface area contributed by atoms with Crippen molar-refractivity contribution in [3.8, 4) is 10.6 Å². The molecule has 1 aliphatic rings. The lowest BCUT2D eigenvalue weighted by molar-refractivity contribution is 0.0903. The predicted molar refractivity (Wildman–Crippen MR) is 120 cm³/mol. The number of rotatable bonds is 2. The second kappa shape index (κ2) is 10.9. The molecular weight excluding hydrogens is 362 g/mol. The number of hydrogen-bond acceptors (Lipinski definition) is 3. The highest BCUT2D eigenvalue weighted by molar-refractivity contribution is 7.13. The van der Waals surface area contributed by atoms with E-state index in [4.69, 9.17) is 4.98 Å². The van der Waals surface area contributed by atoms with E-state index < -0.39 is 0 Å². The fourth-order valence-electron chi connectivity index (χ4n) is 4.40. The Morgan fingerprint density at radius 3 is 2.50 bits per heavy atom. The van der Waals surface area contributed by atoms with Crippen LogP contribution >= 0.6 is 11.3 Å². The van der Waals surface area contributed by atoms with Crippen molar-refractivity contribution >= 4 is 17.1 Å². The molecular formula is C25H35NOS. The van der Waals surface area contributed by atoms with E-state index >= 15 is 0 Å². The molecule has 28 heavy (non-hydrogen) atoms. The molecule has 0 N–H and O–H groups in total. The quantitative estimate of drug-likeness (QED) is 0.519. The minimum atomic E-state index is 0.130. The number of thiazole rings is 1. The van der Waals surface area contributed by atoms with Gasteiger partial charge in [0.15, 0.2) is 5.78 Å². The van der Waals surface area contributed by atoms with E-state index in [-0.39, 0.29) is 11.7 Å². The summed E-state index contributed by atoms with van der Waals surface area (Å²) in [4.78, 5) is 17.7. The van der Waals surface area contributed by atoms with E-state index in [0.29, 0.717) is 5.69 Å². The lowest BCUT2D eigenvalue weighted by atomic mass is 9.90. The second-order valence-electron chi connectivity index (χ2n) is 8.38. The third-order valence-corrected chi connectivity index (χ3v) is 7.20. The Kier molecular flexibility index (Phi) is 8.27. The second-order valence-corrected chi connectivity index (χ2v) is 9.24. The lowest BCUT2D eigenvalue weighted by Crippen LogP contribution is -2.14. The van der Waals surface area contributed by atoms with Crippen molar-refractivity contribution in [2.45, 2.75) is 84.5 Å². The fourth-order valence-corrected chi connectivity index (χ4v) is 5.20. The first-order valence-corrected chi connectivity index (χ1v) is 12.2. The van der Waals surface area contributed by atoms with E-state index in [2.05, 4.69) is 38.1 Å². The highest BCUT2D eigenvalue weighted by Crippen LogP contribution is 2.29. The molecule has 152 valence electrons. The molecule has 1 aromatic carbocycles. The monoisotopic (exact) mass is 397 g/mol. The van der Waals surface area contributed by atoms with Crippen LogP contribution in [0.4, 0.5) is 0 Å². The van der Waals surface area contributed by atoms with Crippen molar-refractivity contribution < 1.29 is 4.79 Å². The van der Waals surface area contributed by atoms with Crippen molar-refractivity contribution in [1.29, 1.82) is 0 Å². The minimum absolute atomic E-state index is 0.130. The summed E-state index contributed by atoms with van der Waals surface area (Å²) in [5, 5.41) is 2.95. The van der Waals surface area contributed by atoms with Crippen molar-refractivity contribution in [3.05, 3.63) is 40.9 Å². The molecule has 1 aromatic heterocycles. The van der Waals surface area contributed by atoms with Gasteiger partial charge in [-0.3, -0.25) is 4.79 Å². The molecule has 0 spiro atoms. The Morgan fingerprint density at radius 2 is 1.75 bits per heavy atom. The summed E-state index contributed by atoms with van der Waals surface area (Å²) in [5.74, 6) is 1.15. The van der Waals surface area contributed by atoms with Crippen molar-refractivity contribution in [2.24, 2.45) is 11.8 Å². The molecule has 0 radical (unpaired) electrons. The van der Waals surface area contributed by atoms with E-state index in [0.717, 1.165) is 35.8 Å². The maximum Gasteiger partial charge on any atom is 0.185 e. The SMILES string of the molecule is CCC1CCCCCCCCC(CC)C(=O)c2csc(n2)-c2cccc(c2)C1. The normalized spacial score (nSPS) is 22.4. The molecule has 2 unspecified atom stereocenters. The molecule has 4 bridgehead atoms. The van der Waals surface area contributed by atoms with Crippen molar-refractivity contribution in [1.82, 2.24) is 4.98 Å². The van der Waals surface area contributed by atoms with Crippen LogP contribution in [-0.2, 0) is 6.42 Å². The number of aromatic nitrogens is 1. The molecule has 2 aromatic rings. The first-order valence-electron chi connectivity index (χ1n) is 11.3. The summed E-state index contributed by atoms with van der Waals surface area (Å²) in [6, 6.07) is 8.81. The van der Waals surface area contributed by atoms with Gasteiger partial charge in [-0.1, -0.05) is 83.4 Å². The Bertz CT molecular complexity index is 751. The number of Topliss-reactive ketones (excluding diaryl/α,β-unsaturated/α-hetero) is 1. The summed E-state index contributed by atoms with van der Waals surface area (Å²) >= 11 is 1.61.